The molecular formula is C22H30N6. The third-order valence-electron chi connectivity index (χ3n) is 5.74. The van der Waals surface area contributed by atoms with Crippen LogP contribution < -0.4 is 9.80 Å². The largest absolute Gasteiger partial charge is 0.378 e. The number of anilines is 2. The lowest BCUT2D eigenvalue weighted by atomic mass is 10.1. The quantitative estimate of drug-likeness (QED) is 0.737. The van der Waals surface area contributed by atoms with Gasteiger partial charge in [-0.1, -0.05) is 13.8 Å². The second-order valence-corrected chi connectivity index (χ2v) is 7.63. The van der Waals surface area contributed by atoms with Gasteiger partial charge >= 0.3 is 0 Å². The molecule has 0 bridgehead atoms. The van der Waals surface area contributed by atoms with Gasteiger partial charge in [0.15, 0.2) is 5.65 Å². The first kappa shape index (κ1) is 18.7. The summed E-state index contributed by atoms with van der Waals surface area (Å²) in [6, 6.07) is 8.48. The zero-order valence-corrected chi connectivity index (χ0v) is 17.4. The second-order valence-electron chi connectivity index (χ2n) is 7.63. The van der Waals surface area contributed by atoms with Crippen LogP contribution in [0.3, 0.4) is 0 Å². The summed E-state index contributed by atoms with van der Waals surface area (Å²) >= 11 is 0. The molecular weight excluding hydrogens is 348 g/mol. The Morgan fingerprint density at radius 2 is 1.75 bits per heavy atom. The van der Waals surface area contributed by atoms with Crippen LogP contribution >= 0.6 is 0 Å². The summed E-state index contributed by atoms with van der Waals surface area (Å²) in [5.74, 6) is 0.884. The lowest BCUT2D eigenvalue weighted by Gasteiger charge is -2.36. The molecule has 1 aliphatic rings. The van der Waals surface area contributed by atoms with Crippen molar-refractivity contribution in [1.29, 1.82) is 0 Å². The van der Waals surface area contributed by atoms with Gasteiger partial charge in [0.2, 0.25) is 0 Å². The SMILES string of the molecule is CCc1cnc2nc(-c3ccc(N(C)C)cc3)[nH]c2c1N1CCN(CC)CC1. The molecule has 1 aromatic carbocycles. The van der Waals surface area contributed by atoms with E-state index in [-0.39, 0.29) is 0 Å². The summed E-state index contributed by atoms with van der Waals surface area (Å²) in [6.07, 6.45) is 2.97. The summed E-state index contributed by atoms with van der Waals surface area (Å²) in [4.78, 5) is 20.1. The van der Waals surface area contributed by atoms with E-state index in [2.05, 4.69) is 76.9 Å². The fourth-order valence-electron chi connectivity index (χ4n) is 3.95. The molecule has 6 nitrogen and oxygen atoms in total. The topological polar surface area (TPSA) is 51.3 Å². The van der Waals surface area contributed by atoms with E-state index in [1.165, 1.54) is 16.9 Å². The van der Waals surface area contributed by atoms with Crippen molar-refractivity contribution in [2.45, 2.75) is 20.3 Å². The molecule has 3 aromatic rings. The van der Waals surface area contributed by atoms with E-state index in [9.17, 15) is 0 Å². The molecule has 1 N–H and O–H groups in total. The fraction of sp³-hybridized carbons (Fsp3) is 0.455. The van der Waals surface area contributed by atoms with Crippen LogP contribution in [0.2, 0.25) is 0 Å². The molecule has 2 aromatic heterocycles. The molecule has 1 aliphatic heterocycles. The molecule has 0 spiro atoms. The van der Waals surface area contributed by atoms with Gasteiger partial charge in [-0.15, -0.1) is 0 Å². The monoisotopic (exact) mass is 378 g/mol. The zero-order valence-electron chi connectivity index (χ0n) is 17.4. The van der Waals surface area contributed by atoms with Crippen molar-refractivity contribution in [3.05, 3.63) is 36.0 Å². The predicted molar refractivity (Wildman–Crippen MR) is 117 cm³/mol. The van der Waals surface area contributed by atoms with Gasteiger partial charge in [-0.25, -0.2) is 9.97 Å². The summed E-state index contributed by atoms with van der Waals surface area (Å²) in [6.45, 7) is 9.87. The highest BCUT2D eigenvalue weighted by molar-refractivity contribution is 5.90. The van der Waals surface area contributed by atoms with E-state index in [0.717, 1.165) is 61.7 Å². The van der Waals surface area contributed by atoms with E-state index in [1.54, 1.807) is 0 Å². The number of imidazole rings is 1. The van der Waals surface area contributed by atoms with Crippen LogP contribution in [0.1, 0.15) is 19.4 Å². The van der Waals surface area contributed by atoms with Crippen LogP contribution in [-0.2, 0) is 6.42 Å². The van der Waals surface area contributed by atoms with E-state index in [4.69, 9.17) is 4.98 Å². The van der Waals surface area contributed by atoms with Crippen molar-refractivity contribution in [3.8, 4) is 11.4 Å². The predicted octanol–water partition coefficient (Wildman–Crippen LogP) is 3.40. The van der Waals surface area contributed by atoms with Gasteiger partial charge in [0.1, 0.15) is 11.3 Å². The number of fused-ring (bicyclic) bond motifs is 1. The van der Waals surface area contributed by atoms with Crippen LogP contribution in [0, 0.1) is 0 Å². The van der Waals surface area contributed by atoms with Crippen LogP contribution in [0.15, 0.2) is 30.5 Å². The number of hydrogen-bond donors (Lipinski definition) is 1. The Morgan fingerprint density at radius 1 is 1.04 bits per heavy atom. The number of piperazine rings is 1. The molecule has 6 heteroatoms. The van der Waals surface area contributed by atoms with Gasteiger partial charge in [0, 0.05) is 57.7 Å². The van der Waals surface area contributed by atoms with Crippen molar-refractivity contribution in [3.63, 3.8) is 0 Å². The van der Waals surface area contributed by atoms with E-state index in [1.807, 2.05) is 6.20 Å². The number of nitrogens with zero attached hydrogens (tertiary/aromatic N) is 5. The molecule has 0 radical (unpaired) electrons. The van der Waals surface area contributed by atoms with Gasteiger partial charge < -0.3 is 19.7 Å². The highest BCUT2D eigenvalue weighted by Gasteiger charge is 2.22. The average molecular weight is 379 g/mol. The molecule has 0 aliphatic carbocycles. The lowest BCUT2D eigenvalue weighted by molar-refractivity contribution is 0.271. The molecule has 3 heterocycles. The Hall–Kier alpha value is -2.60. The Balaban J connectivity index is 1.73. The Kier molecular flexibility index (Phi) is 5.22. The van der Waals surface area contributed by atoms with Crippen LogP contribution in [0.25, 0.3) is 22.6 Å². The van der Waals surface area contributed by atoms with Crippen LogP contribution in [0.4, 0.5) is 11.4 Å². The molecule has 148 valence electrons. The van der Waals surface area contributed by atoms with Crippen molar-refractivity contribution in [2.75, 3.05) is 56.6 Å². The Labute approximate surface area is 167 Å². The molecule has 0 atom stereocenters. The van der Waals surface area contributed by atoms with Gasteiger partial charge in [-0.05, 0) is 42.8 Å². The molecule has 28 heavy (non-hydrogen) atoms. The lowest BCUT2D eigenvalue weighted by Crippen LogP contribution is -2.46. The Morgan fingerprint density at radius 3 is 2.36 bits per heavy atom. The smallest absolute Gasteiger partial charge is 0.180 e. The van der Waals surface area contributed by atoms with Crippen molar-refractivity contribution < 1.29 is 0 Å². The molecule has 0 amide bonds. The number of nitrogens with one attached hydrogen (secondary N) is 1. The van der Waals surface area contributed by atoms with Crippen LogP contribution in [-0.4, -0.2) is 66.7 Å². The van der Waals surface area contributed by atoms with E-state index >= 15 is 0 Å². The summed E-state index contributed by atoms with van der Waals surface area (Å²) < 4.78 is 0. The molecule has 1 fully saturated rings. The van der Waals surface area contributed by atoms with Gasteiger partial charge in [-0.3, -0.25) is 0 Å². The molecule has 0 saturated carbocycles. The van der Waals surface area contributed by atoms with Crippen molar-refractivity contribution >= 4 is 22.5 Å². The van der Waals surface area contributed by atoms with Crippen LogP contribution in [0.5, 0.6) is 0 Å². The number of H-pyrrole nitrogens is 1. The maximum Gasteiger partial charge on any atom is 0.180 e. The number of rotatable bonds is 5. The van der Waals surface area contributed by atoms with Crippen molar-refractivity contribution in [2.24, 2.45) is 0 Å². The first-order chi connectivity index (χ1) is 13.6. The minimum Gasteiger partial charge on any atom is -0.378 e. The summed E-state index contributed by atoms with van der Waals surface area (Å²) in [5.41, 5.74) is 6.71. The Bertz CT molecular complexity index is 936. The molecule has 0 unspecified atom stereocenters. The normalized spacial score (nSPS) is 15.4. The first-order valence-corrected chi connectivity index (χ1v) is 10.2. The number of pyridine rings is 1. The third-order valence-corrected chi connectivity index (χ3v) is 5.74. The van der Waals surface area contributed by atoms with Crippen molar-refractivity contribution in [1.82, 2.24) is 19.9 Å². The molecule has 1 saturated heterocycles. The minimum absolute atomic E-state index is 0.803. The third kappa shape index (κ3) is 3.44. The number of aryl methyl sites for hydroxylation is 1. The maximum atomic E-state index is 4.80. The maximum absolute atomic E-state index is 4.80. The van der Waals surface area contributed by atoms with Gasteiger partial charge in [0.25, 0.3) is 0 Å². The fourth-order valence-corrected chi connectivity index (χ4v) is 3.95. The number of aromatic amines is 1. The highest BCUT2D eigenvalue weighted by atomic mass is 15.3. The van der Waals surface area contributed by atoms with E-state index in [0.29, 0.717) is 0 Å². The van der Waals surface area contributed by atoms with Gasteiger partial charge in [0.05, 0.1) is 5.69 Å². The summed E-state index contributed by atoms with van der Waals surface area (Å²) in [7, 11) is 4.11. The van der Waals surface area contributed by atoms with Gasteiger partial charge in [-0.2, -0.15) is 0 Å². The highest BCUT2D eigenvalue weighted by Crippen LogP contribution is 2.32. The second kappa shape index (κ2) is 7.80. The van der Waals surface area contributed by atoms with E-state index < -0.39 is 0 Å². The number of likely N-dealkylation sites (N-methyl/N-ethyl adjacent to an activating group) is 1. The number of aromatic nitrogens is 3. The number of hydrogen-bond acceptors (Lipinski definition) is 5. The standard InChI is InChI=1S/C22H30N6/c1-5-16-15-23-22-19(20(16)28-13-11-27(6-2)12-14-28)24-21(25-22)17-7-9-18(10-8-17)26(3)4/h7-10,15H,5-6,11-14H2,1-4H3,(H,23,24,25). The minimum atomic E-state index is 0.803. The zero-order chi connectivity index (χ0) is 19.7. The average Bonchev–Trinajstić information content (AvgIpc) is 3.17. The number of benzene rings is 1. The first-order valence-electron chi connectivity index (χ1n) is 10.2. The molecule has 4 rings (SSSR count). The summed E-state index contributed by atoms with van der Waals surface area (Å²) in [5, 5.41) is 0.